The molecule has 0 unspecified atom stereocenters. The van der Waals surface area contributed by atoms with Crippen LogP contribution in [0.4, 0.5) is 5.69 Å². The number of hydrogen-bond acceptors (Lipinski definition) is 2. The maximum atomic E-state index is 13.0. The van der Waals surface area contributed by atoms with Crippen LogP contribution in [0.3, 0.4) is 0 Å². The molecule has 3 rings (SSSR count). The summed E-state index contributed by atoms with van der Waals surface area (Å²) < 4.78 is 0. The zero-order valence-electron chi connectivity index (χ0n) is 14.2. The van der Waals surface area contributed by atoms with E-state index in [2.05, 4.69) is 16.0 Å². The van der Waals surface area contributed by atoms with E-state index in [1.807, 2.05) is 44.2 Å². The van der Waals surface area contributed by atoms with Gasteiger partial charge in [0, 0.05) is 11.4 Å². The highest BCUT2D eigenvalue weighted by atomic mass is 35.5. The maximum absolute atomic E-state index is 13.0. The van der Waals surface area contributed by atoms with E-state index >= 15 is 0 Å². The molecular formula is C19H17Cl2N3OS. The molecule has 2 aromatic rings. The molecule has 1 aliphatic rings. The average molecular weight is 406 g/mol. The monoisotopic (exact) mass is 405 g/mol. The Bertz CT molecular complexity index is 910. The fraction of sp³-hybridized carbons (Fsp3) is 0.158. The molecule has 0 saturated carbocycles. The van der Waals surface area contributed by atoms with E-state index in [9.17, 15) is 4.79 Å². The number of carbonyl (C=O) groups excluding carboxylic acids is 1. The number of hydrogen-bond donors (Lipinski definition) is 3. The van der Waals surface area contributed by atoms with Gasteiger partial charge in [0.25, 0.3) is 5.91 Å². The van der Waals surface area contributed by atoms with Crippen LogP contribution in [0.1, 0.15) is 24.1 Å². The smallest absolute Gasteiger partial charge is 0.255 e. The van der Waals surface area contributed by atoms with Gasteiger partial charge < -0.3 is 16.0 Å². The second-order valence-corrected chi connectivity index (χ2v) is 7.23. The van der Waals surface area contributed by atoms with Crippen LogP contribution in [-0.2, 0) is 4.79 Å². The van der Waals surface area contributed by atoms with Gasteiger partial charge in [-0.1, -0.05) is 53.0 Å². The van der Waals surface area contributed by atoms with Crippen molar-refractivity contribution in [3.63, 3.8) is 0 Å². The molecule has 0 fully saturated rings. The molecule has 0 aliphatic carbocycles. The molecule has 7 heteroatoms. The van der Waals surface area contributed by atoms with Gasteiger partial charge >= 0.3 is 0 Å². The Morgan fingerprint density at radius 1 is 1.12 bits per heavy atom. The highest BCUT2D eigenvalue weighted by molar-refractivity contribution is 7.80. The van der Waals surface area contributed by atoms with Crippen molar-refractivity contribution in [3.8, 4) is 0 Å². The first-order chi connectivity index (χ1) is 12.4. The topological polar surface area (TPSA) is 53.2 Å². The Morgan fingerprint density at radius 2 is 1.81 bits per heavy atom. The summed E-state index contributed by atoms with van der Waals surface area (Å²) in [5, 5.41) is 10.3. The standard InChI is InChI=1S/C19H17Cl2N3OS/c1-10-6-8-12(9-7-10)23-18(25)15-11(2)22-19(26)24-17(15)13-4-3-5-14(20)16(13)21/h3-9,17H,1-2H3,(H,23,25)(H2,22,24,26)/t17-/m1/s1. The zero-order valence-corrected chi connectivity index (χ0v) is 16.5. The highest BCUT2D eigenvalue weighted by Gasteiger charge is 2.31. The van der Waals surface area contributed by atoms with Gasteiger partial charge in [0.05, 0.1) is 21.7 Å². The molecular weight excluding hydrogens is 389 g/mol. The Kier molecular flexibility index (Phi) is 5.51. The lowest BCUT2D eigenvalue weighted by Crippen LogP contribution is -2.45. The Labute approximate surface area is 167 Å². The number of thiocarbonyl (C=S) groups is 1. The molecule has 1 amide bonds. The van der Waals surface area contributed by atoms with Crippen molar-refractivity contribution in [1.82, 2.24) is 10.6 Å². The van der Waals surface area contributed by atoms with Crippen LogP contribution in [0.5, 0.6) is 0 Å². The average Bonchev–Trinajstić information content (AvgIpc) is 2.58. The van der Waals surface area contributed by atoms with Crippen molar-refractivity contribution in [1.29, 1.82) is 0 Å². The number of amides is 1. The molecule has 1 aliphatic heterocycles. The first-order valence-corrected chi connectivity index (χ1v) is 9.13. The number of halogens is 2. The lowest BCUT2D eigenvalue weighted by atomic mass is 9.94. The molecule has 0 aromatic heterocycles. The molecule has 2 aromatic carbocycles. The van der Waals surface area contributed by atoms with Gasteiger partial charge in [-0.3, -0.25) is 4.79 Å². The van der Waals surface area contributed by atoms with Crippen LogP contribution in [0.2, 0.25) is 10.0 Å². The Hall–Kier alpha value is -2.08. The molecule has 134 valence electrons. The van der Waals surface area contributed by atoms with Crippen LogP contribution >= 0.6 is 35.4 Å². The summed E-state index contributed by atoms with van der Waals surface area (Å²) in [6, 6.07) is 12.4. The normalized spacial score (nSPS) is 16.8. The minimum atomic E-state index is -0.500. The van der Waals surface area contributed by atoms with Crippen molar-refractivity contribution in [2.24, 2.45) is 0 Å². The van der Waals surface area contributed by atoms with Gasteiger partial charge in [0.1, 0.15) is 0 Å². The van der Waals surface area contributed by atoms with E-state index in [4.69, 9.17) is 35.4 Å². The number of allylic oxidation sites excluding steroid dienone is 1. The second-order valence-electron chi connectivity index (χ2n) is 6.03. The highest BCUT2D eigenvalue weighted by Crippen LogP contribution is 2.35. The fourth-order valence-corrected chi connectivity index (χ4v) is 3.49. The van der Waals surface area contributed by atoms with Crippen molar-refractivity contribution in [3.05, 3.63) is 74.9 Å². The third kappa shape index (κ3) is 3.85. The van der Waals surface area contributed by atoms with Crippen molar-refractivity contribution in [2.45, 2.75) is 19.9 Å². The quantitative estimate of drug-likeness (QED) is 0.645. The van der Waals surface area contributed by atoms with Crippen LogP contribution in [0.25, 0.3) is 0 Å². The summed E-state index contributed by atoms with van der Waals surface area (Å²) in [6.07, 6.45) is 0. The molecule has 1 heterocycles. The van der Waals surface area contributed by atoms with E-state index in [0.717, 1.165) is 5.56 Å². The van der Waals surface area contributed by atoms with Gasteiger partial charge in [-0.15, -0.1) is 0 Å². The van der Waals surface area contributed by atoms with E-state index in [-0.39, 0.29) is 5.91 Å². The Balaban J connectivity index is 1.99. The molecule has 0 saturated heterocycles. The van der Waals surface area contributed by atoms with Gasteiger partial charge in [-0.25, -0.2) is 0 Å². The number of aryl methyl sites for hydroxylation is 1. The molecule has 0 bridgehead atoms. The second kappa shape index (κ2) is 7.66. The number of nitrogens with one attached hydrogen (secondary N) is 3. The number of carbonyl (C=O) groups is 1. The molecule has 26 heavy (non-hydrogen) atoms. The molecule has 3 N–H and O–H groups in total. The number of benzene rings is 2. The van der Waals surface area contributed by atoms with Crippen molar-refractivity contribution < 1.29 is 4.79 Å². The van der Waals surface area contributed by atoms with Crippen LogP contribution in [-0.4, -0.2) is 11.0 Å². The first-order valence-electron chi connectivity index (χ1n) is 7.97. The molecule has 0 spiro atoms. The minimum Gasteiger partial charge on any atom is -0.351 e. The van der Waals surface area contributed by atoms with Crippen LogP contribution < -0.4 is 16.0 Å². The predicted molar refractivity (Wildman–Crippen MR) is 111 cm³/mol. The molecule has 4 nitrogen and oxygen atoms in total. The number of rotatable bonds is 3. The summed E-state index contributed by atoms with van der Waals surface area (Å²) in [5.74, 6) is -0.241. The van der Waals surface area contributed by atoms with Gasteiger partial charge in [-0.05, 0) is 49.8 Å². The van der Waals surface area contributed by atoms with Gasteiger partial charge in [0.15, 0.2) is 5.11 Å². The fourth-order valence-electron chi connectivity index (χ4n) is 2.81. The molecule has 0 radical (unpaired) electrons. The lowest BCUT2D eigenvalue weighted by molar-refractivity contribution is -0.113. The van der Waals surface area contributed by atoms with E-state index in [1.54, 1.807) is 12.1 Å². The summed E-state index contributed by atoms with van der Waals surface area (Å²) in [6.45, 7) is 3.80. The van der Waals surface area contributed by atoms with Crippen LogP contribution in [0.15, 0.2) is 53.7 Å². The summed E-state index contributed by atoms with van der Waals surface area (Å²) in [5.41, 5.74) is 3.69. The number of anilines is 1. The van der Waals surface area contributed by atoms with Crippen molar-refractivity contribution in [2.75, 3.05) is 5.32 Å². The van der Waals surface area contributed by atoms with Gasteiger partial charge in [0.2, 0.25) is 0 Å². The largest absolute Gasteiger partial charge is 0.351 e. The zero-order chi connectivity index (χ0) is 18.8. The first kappa shape index (κ1) is 18.7. The third-order valence-corrected chi connectivity index (χ3v) is 5.17. The lowest BCUT2D eigenvalue weighted by Gasteiger charge is -2.31. The predicted octanol–water partition coefficient (Wildman–Crippen LogP) is 4.73. The SMILES string of the molecule is CC1=C(C(=O)Nc2ccc(C)cc2)[C@@H](c2cccc(Cl)c2Cl)NC(=S)N1. The third-order valence-electron chi connectivity index (χ3n) is 4.12. The summed E-state index contributed by atoms with van der Waals surface area (Å²) in [4.78, 5) is 13.0. The van der Waals surface area contributed by atoms with E-state index < -0.39 is 6.04 Å². The van der Waals surface area contributed by atoms with E-state index in [0.29, 0.717) is 37.7 Å². The maximum Gasteiger partial charge on any atom is 0.255 e. The molecule has 1 atom stereocenters. The summed E-state index contributed by atoms with van der Waals surface area (Å²) in [7, 11) is 0. The van der Waals surface area contributed by atoms with Crippen LogP contribution in [0, 0.1) is 6.92 Å². The van der Waals surface area contributed by atoms with Crippen molar-refractivity contribution >= 4 is 52.1 Å². The van der Waals surface area contributed by atoms with Gasteiger partial charge in [-0.2, -0.15) is 0 Å². The van der Waals surface area contributed by atoms with E-state index in [1.165, 1.54) is 0 Å². The summed E-state index contributed by atoms with van der Waals surface area (Å²) >= 11 is 17.8. The minimum absolute atomic E-state index is 0.241. The Morgan fingerprint density at radius 3 is 2.50 bits per heavy atom.